The molecular weight excluding hydrogens is 508 g/mol. The Kier molecular flexibility index (Phi) is 6.98. The number of fused-ring (bicyclic) bond motifs is 2. The van der Waals surface area contributed by atoms with Gasteiger partial charge in [-0.25, -0.2) is 9.79 Å². The molecule has 5 rings (SSSR count). The zero-order valence-electron chi connectivity index (χ0n) is 21.8. The maximum atomic E-state index is 13.8. The second-order valence-corrected chi connectivity index (χ2v) is 10.0. The molecule has 1 atom stereocenters. The fourth-order valence-electron chi connectivity index (χ4n) is 4.47. The van der Waals surface area contributed by atoms with Gasteiger partial charge in [0.1, 0.15) is 0 Å². The standard InChI is InChI=1S/C28H28N2O7S/c1-6-34-27(32)24-16(4)29-28-30(25(24)18-8-10-20(37-15(2)3)21(13-18)33-5)26(31)23(38-28)12-17-7-9-19-22(11-17)36-14-35-19/h7-13,15,25H,6,14H2,1-5H3/b23-12-/t25-/m0/s1. The third-order valence-electron chi connectivity index (χ3n) is 6.08. The Hall–Kier alpha value is -4.05. The number of carbonyl (C=O) groups excluding carboxylic acids is 1. The van der Waals surface area contributed by atoms with Crippen molar-refractivity contribution in [1.82, 2.24) is 4.57 Å². The molecule has 2 aliphatic rings. The largest absolute Gasteiger partial charge is 0.493 e. The van der Waals surface area contributed by atoms with Gasteiger partial charge in [-0.1, -0.05) is 23.5 Å². The number of hydrogen-bond acceptors (Lipinski definition) is 9. The summed E-state index contributed by atoms with van der Waals surface area (Å²) in [6, 6.07) is 10.1. The van der Waals surface area contributed by atoms with E-state index in [1.165, 1.54) is 11.3 Å². The lowest BCUT2D eigenvalue weighted by atomic mass is 9.95. The first-order valence-electron chi connectivity index (χ1n) is 12.2. The van der Waals surface area contributed by atoms with Crippen LogP contribution in [0.3, 0.4) is 0 Å². The van der Waals surface area contributed by atoms with Crippen LogP contribution in [0.2, 0.25) is 0 Å². The molecule has 0 unspecified atom stereocenters. The number of carbonyl (C=O) groups is 1. The average Bonchev–Trinajstić information content (AvgIpc) is 3.47. The maximum absolute atomic E-state index is 13.8. The molecule has 0 spiro atoms. The van der Waals surface area contributed by atoms with Crippen molar-refractivity contribution in [2.45, 2.75) is 39.8 Å². The van der Waals surface area contributed by atoms with E-state index in [0.29, 0.717) is 49.2 Å². The van der Waals surface area contributed by atoms with Crippen molar-refractivity contribution in [3.05, 3.63) is 78.5 Å². The lowest BCUT2D eigenvalue weighted by Crippen LogP contribution is -2.40. The second-order valence-electron chi connectivity index (χ2n) is 8.99. The third kappa shape index (κ3) is 4.67. The van der Waals surface area contributed by atoms with E-state index in [1.54, 1.807) is 43.7 Å². The minimum absolute atomic E-state index is 0.0548. The van der Waals surface area contributed by atoms with Gasteiger partial charge in [0.2, 0.25) is 6.79 Å². The molecule has 198 valence electrons. The first kappa shape index (κ1) is 25.6. The first-order valence-corrected chi connectivity index (χ1v) is 13.1. The number of aromatic nitrogens is 1. The van der Waals surface area contributed by atoms with Crippen molar-refractivity contribution in [2.24, 2.45) is 4.99 Å². The van der Waals surface area contributed by atoms with Crippen LogP contribution in [0.4, 0.5) is 0 Å². The Labute approximate surface area is 223 Å². The predicted molar refractivity (Wildman–Crippen MR) is 142 cm³/mol. The van der Waals surface area contributed by atoms with Gasteiger partial charge >= 0.3 is 5.97 Å². The molecule has 3 aromatic rings. The van der Waals surface area contributed by atoms with Crippen LogP contribution < -0.4 is 33.8 Å². The first-order chi connectivity index (χ1) is 18.3. The fraction of sp³-hybridized carbons (Fsp3) is 0.321. The van der Waals surface area contributed by atoms with Gasteiger partial charge < -0.3 is 23.7 Å². The van der Waals surface area contributed by atoms with Gasteiger partial charge in [0.25, 0.3) is 5.56 Å². The zero-order valence-corrected chi connectivity index (χ0v) is 22.6. The zero-order chi connectivity index (χ0) is 27.0. The number of benzene rings is 2. The molecule has 9 nitrogen and oxygen atoms in total. The summed E-state index contributed by atoms with van der Waals surface area (Å²) in [5.74, 6) is 1.83. The maximum Gasteiger partial charge on any atom is 0.338 e. The Morgan fingerprint density at radius 3 is 2.71 bits per heavy atom. The summed E-state index contributed by atoms with van der Waals surface area (Å²) in [6.07, 6.45) is 1.73. The van der Waals surface area contributed by atoms with E-state index in [2.05, 4.69) is 4.99 Å². The van der Waals surface area contributed by atoms with Gasteiger partial charge in [-0.2, -0.15) is 0 Å². The molecule has 0 amide bonds. The molecule has 0 N–H and O–H groups in total. The van der Waals surface area contributed by atoms with Crippen molar-refractivity contribution in [3.8, 4) is 23.0 Å². The van der Waals surface area contributed by atoms with Crippen LogP contribution in [0, 0.1) is 0 Å². The molecule has 2 aliphatic heterocycles. The highest BCUT2D eigenvalue weighted by molar-refractivity contribution is 7.07. The van der Waals surface area contributed by atoms with Crippen molar-refractivity contribution >= 4 is 23.4 Å². The number of rotatable bonds is 7. The second kappa shape index (κ2) is 10.4. The van der Waals surface area contributed by atoms with Crippen molar-refractivity contribution in [2.75, 3.05) is 20.5 Å². The molecule has 1 aromatic heterocycles. The molecule has 0 aliphatic carbocycles. The van der Waals surface area contributed by atoms with Gasteiger partial charge in [0, 0.05) is 0 Å². The summed E-state index contributed by atoms with van der Waals surface area (Å²) >= 11 is 1.25. The minimum atomic E-state index is -0.758. The molecule has 0 radical (unpaired) electrons. The Balaban J connectivity index is 1.68. The molecule has 3 heterocycles. The van der Waals surface area contributed by atoms with Crippen LogP contribution in [-0.4, -0.2) is 37.1 Å². The SMILES string of the molecule is CCOC(=O)C1=C(C)N=c2s/c(=C\c3ccc4c(c3)OCO4)c(=O)n2[C@H]1c1ccc(OC(C)C)c(OC)c1. The number of thiazole rings is 1. The van der Waals surface area contributed by atoms with Gasteiger partial charge in [0.05, 0.1) is 41.7 Å². The summed E-state index contributed by atoms with van der Waals surface area (Å²) < 4.78 is 29.7. The molecular formula is C28H28N2O7S. The van der Waals surface area contributed by atoms with Crippen molar-refractivity contribution in [3.63, 3.8) is 0 Å². The van der Waals surface area contributed by atoms with E-state index in [-0.39, 0.29) is 25.1 Å². The number of nitrogens with zero attached hydrogens (tertiary/aromatic N) is 2. The molecule has 0 saturated heterocycles. The highest BCUT2D eigenvalue weighted by Gasteiger charge is 2.34. The van der Waals surface area contributed by atoms with E-state index >= 15 is 0 Å². The fourth-order valence-corrected chi connectivity index (χ4v) is 5.51. The van der Waals surface area contributed by atoms with E-state index in [1.807, 2.05) is 38.1 Å². The third-order valence-corrected chi connectivity index (χ3v) is 7.06. The normalized spacial score (nSPS) is 16.4. The van der Waals surface area contributed by atoms with Crippen LogP contribution in [0.15, 0.2) is 57.5 Å². The van der Waals surface area contributed by atoms with Crippen molar-refractivity contribution in [1.29, 1.82) is 0 Å². The molecule has 2 aromatic carbocycles. The lowest BCUT2D eigenvalue weighted by molar-refractivity contribution is -0.139. The smallest absolute Gasteiger partial charge is 0.338 e. The minimum Gasteiger partial charge on any atom is -0.493 e. The number of methoxy groups -OCH3 is 1. The number of ether oxygens (including phenoxy) is 5. The Bertz CT molecular complexity index is 1620. The molecule has 0 saturated carbocycles. The monoisotopic (exact) mass is 536 g/mol. The van der Waals surface area contributed by atoms with Crippen LogP contribution in [0.1, 0.15) is 44.9 Å². The average molecular weight is 537 g/mol. The van der Waals surface area contributed by atoms with Crippen LogP contribution in [0.25, 0.3) is 6.08 Å². The highest BCUT2D eigenvalue weighted by Crippen LogP contribution is 2.37. The lowest BCUT2D eigenvalue weighted by Gasteiger charge is -2.25. The Morgan fingerprint density at radius 1 is 1.18 bits per heavy atom. The number of hydrogen-bond donors (Lipinski definition) is 0. The van der Waals surface area contributed by atoms with E-state index in [0.717, 1.165) is 5.56 Å². The van der Waals surface area contributed by atoms with Crippen LogP contribution in [-0.2, 0) is 9.53 Å². The van der Waals surface area contributed by atoms with E-state index in [9.17, 15) is 9.59 Å². The Morgan fingerprint density at radius 2 is 1.97 bits per heavy atom. The van der Waals surface area contributed by atoms with Gasteiger partial charge in [0.15, 0.2) is 27.8 Å². The summed E-state index contributed by atoms with van der Waals surface area (Å²) in [5, 5.41) is 0. The van der Waals surface area contributed by atoms with E-state index in [4.69, 9.17) is 23.7 Å². The molecule has 10 heteroatoms. The molecule has 0 fully saturated rings. The van der Waals surface area contributed by atoms with Gasteiger partial charge in [-0.05, 0) is 69.2 Å². The van der Waals surface area contributed by atoms with E-state index < -0.39 is 12.0 Å². The highest BCUT2D eigenvalue weighted by atomic mass is 32.1. The van der Waals surface area contributed by atoms with Gasteiger partial charge in [-0.15, -0.1) is 0 Å². The number of allylic oxidation sites excluding steroid dienone is 1. The quantitative estimate of drug-likeness (QED) is 0.428. The topological polar surface area (TPSA) is 97.6 Å². The van der Waals surface area contributed by atoms with Crippen molar-refractivity contribution < 1.29 is 28.5 Å². The summed E-state index contributed by atoms with van der Waals surface area (Å²) in [4.78, 5) is 32.1. The summed E-state index contributed by atoms with van der Waals surface area (Å²) in [6.45, 7) is 7.71. The number of esters is 1. The summed E-state index contributed by atoms with van der Waals surface area (Å²) in [7, 11) is 1.55. The summed E-state index contributed by atoms with van der Waals surface area (Å²) in [5.41, 5.74) is 1.98. The van der Waals surface area contributed by atoms with Gasteiger partial charge in [-0.3, -0.25) is 9.36 Å². The predicted octanol–water partition coefficient (Wildman–Crippen LogP) is 3.32. The molecule has 0 bridgehead atoms. The van der Waals surface area contributed by atoms with Crippen LogP contribution >= 0.6 is 11.3 Å². The molecule has 38 heavy (non-hydrogen) atoms. The van der Waals surface area contributed by atoms with Crippen LogP contribution in [0.5, 0.6) is 23.0 Å².